The molecule has 2 N–H and O–H groups in total. The fraction of sp³-hybridized carbons (Fsp3) is 0.143. The minimum Gasteiger partial charge on any atom is -0.486 e. The zero-order valence-electron chi connectivity index (χ0n) is 10.9. The van der Waals surface area contributed by atoms with Gasteiger partial charge in [-0.05, 0) is 42.8 Å². The summed E-state index contributed by atoms with van der Waals surface area (Å²) in [6, 6.07) is 9.05. The van der Waals surface area contributed by atoms with Crippen molar-refractivity contribution in [1.29, 1.82) is 0 Å². The summed E-state index contributed by atoms with van der Waals surface area (Å²) in [5.74, 6) is 1.43. The van der Waals surface area contributed by atoms with E-state index in [1.165, 1.54) is 0 Å². The third-order valence-corrected chi connectivity index (χ3v) is 3.17. The molecule has 1 aromatic carbocycles. The number of nitrogens with zero attached hydrogens (tertiary/aromatic N) is 3. The van der Waals surface area contributed by atoms with E-state index in [0.29, 0.717) is 28.8 Å². The predicted molar refractivity (Wildman–Crippen MR) is 77.9 cm³/mol. The highest BCUT2D eigenvalue weighted by atomic mass is 35.5. The molecular weight excluding hydrogens is 276 g/mol. The Morgan fingerprint density at radius 2 is 2.00 bits per heavy atom. The second-order valence-electron chi connectivity index (χ2n) is 4.53. The van der Waals surface area contributed by atoms with E-state index < -0.39 is 0 Å². The molecule has 0 aliphatic rings. The molecule has 20 heavy (non-hydrogen) atoms. The number of hydrogen-bond donors (Lipinski definition) is 1. The van der Waals surface area contributed by atoms with E-state index in [-0.39, 0.29) is 0 Å². The van der Waals surface area contributed by atoms with E-state index in [1.807, 2.05) is 35.7 Å². The molecule has 0 aliphatic heterocycles. The Kier molecular flexibility index (Phi) is 3.20. The van der Waals surface area contributed by atoms with Gasteiger partial charge in [-0.15, -0.1) is 10.2 Å². The lowest BCUT2D eigenvalue weighted by Gasteiger charge is -2.06. The monoisotopic (exact) mass is 288 g/mol. The van der Waals surface area contributed by atoms with Crippen LogP contribution in [0.3, 0.4) is 0 Å². The first-order valence-electron chi connectivity index (χ1n) is 6.11. The lowest BCUT2D eigenvalue weighted by Crippen LogP contribution is -2.02. The third-order valence-electron chi connectivity index (χ3n) is 2.92. The lowest BCUT2D eigenvalue weighted by molar-refractivity contribution is 0.294. The number of pyridine rings is 1. The van der Waals surface area contributed by atoms with Gasteiger partial charge in [-0.1, -0.05) is 11.6 Å². The van der Waals surface area contributed by atoms with Gasteiger partial charge in [0.2, 0.25) is 0 Å². The topological polar surface area (TPSA) is 65.4 Å². The van der Waals surface area contributed by atoms with Gasteiger partial charge in [0.15, 0.2) is 11.5 Å². The average molecular weight is 289 g/mol. The van der Waals surface area contributed by atoms with Crippen LogP contribution in [-0.2, 0) is 6.61 Å². The highest BCUT2D eigenvalue weighted by Crippen LogP contribution is 2.18. The van der Waals surface area contributed by atoms with Gasteiger partial charge in [0.1, 0.15) is 12.4 Å². The van der Waals surface area contributed by atoms with Crippen molar-refractivity contribution < 1.29 is 4.74 Å². The summed E-state index contributed by atoms with van der Waals surface area (Å²) in [5, 5.41) is 8.86. The van der Waals surface area contributed by atoms with Gasteiger partial charge in [-0.25, -0.2) is 0 Å². The van der Waals surface area contributed by atoms with Crippen LogP contribution in [0, 0.1) is 6.92 Å². The summed E-state index contributed by atoms with van der Waals surface area (Å²) in [6.07, 6.45) is 1.94. The largest absolute Gasteiger partial charge is 0.486 e. The molecule has 2 aromatic heterocycles. The SMILES string of the molecule is Cc1cc(N)c2nnc(COc3ccc(Cl)cc3)n2c1. The molecule has 102 valence electrons. The molecule has 0 bridgehead atoms. The minimum absolute atomic E-state index is 0.311. The molecule has 0 amide bonds. The molecule has 0 saturated heterocycles. The number of rotatable bonds is 3. The molecule has 6 heteroatoms. The Morgan fingerprint density at radius 3 is 2.75 bits per heavy atom. The van der Waals surface area contributed by atoms with Gasteiger partial charge in [0, 0.05) is 11.2 Å². The Bertz CT molecular complexity index is 752. The van der Waals surface area contributed by atoms with Crippen LogP contribution in [0.1, 0.15) is 11.4 Å². The highest BCUT2D eigenvalue weighted by Gasteiger charge is 2.09. The minimum atomic E-state index is 0.311. The van der Waals surface area contributed by atoms with Crippen molar-refractivity contribution in [1.82, 2.24) is 14.6 Å². The fourth-order valence-electron chi connectivity index (χ4n) is 1.98. The van der Waals surface area contributed by atoms with Crippen LogP contribution in [0.15, 0.2) is 36.5 Å². The molecule has 0 atom stereocenters. The fourth-order valence-corrected chi connectivity index (χ4v) is 2.11. The Morgan fingerprint density at radius 1 is 1.25 bits per heavy atom. The standard InChI is InChI=1S/C14H13ClN4O/c1-9-6-12(16)14-18-17-13(19(14)7-9)8-20-11-4-2-10(15)3-5-11/h2-7H,8,16H2,1H3. The first-order valence-corrected chi connectivity index (χ1v) is 6.49. The average Bonchev–Trinajstić information content (AvgIpc) is 2.81. The van der Waals surface area contributed by atoms with Crippen LogP contribution in [0.2, 0.25) is 5.02 Å². The van der Waals surface area contributed by atoms with Crippen LogP contribution in [0.4, 0.5) is 5.69 Å². The van der Waals surface area contributed by atoms with Gasteiger partial charge in [-0.2, -0.15) is 0 Å². The van der Waals surface area contributed by atoms with Crippen molar-refractivity contribution in [2.75, 3.05) is 5.73 Å². The van der Waals surface area contributed by atoms with Gasteiger partial charge in [-0.3, -0.25) is 4.40 Å². The quantitative estimate of drug-likeness (QED) is 0.805. The Labute approximate surface area is 121 Å². The normalized spacial score (nSPS) is 10.9. The molecule has 3 rings (SSSR count). The maximum Gasteiger partial charge on any atom is 0.184 e. The van der Waals surface area contributed by atoms with Gasteiger partial charge in [0.25, 0.3) is 0 Å². The number of fused-ring (bicyclic) bond motifs is 1. The molecule has 0 aliphatic carbocycles. The maximum absolute atomic E-state index is 5.92. The predicted octanol–water partition coefficient (Wildman–Crippen LogP) is 2.85. The second-order valence-corrected chi connectivity index (χ2v) is 4.96. The summed E-state index contributed by atoms with van der Waals surface area (Å²) < 4.78 is 7.52. The molecule has 0 radical (unpaired) electrons. The number of hydrogen-bond acceptors (Lipinski definition) is 4. The van der Waals surface area contributed by atoms with E-state index >= 15 is 0 Å². The molecule has 3 aromatic rings. The Hall–Kier alpha value is -2.27. The molecule has 5 nitrogen and oxygen atoms in total. The number of anilines is 1. The van der Waals surface area contributed by atoms with E-state index in [4.69, 9.17) is 22.1 Å². The number of ether oxygens (including phenoxy) is 1. The summed E-state index contributed by atoms with van der Waals surface area (Å²) in [4.78, 5) is 0. The summed E-state index contributed by atoms with van der Waals surface area (Å²) in [7, 11) is 0. The summed E-state index contributed by atoms with van der Waals surface area (Å²) in [6.45, 7) is 2.28. The van der Waals surface area contributed by atoms with Crippen LogP contribution < -0.4 is 10.5 Å². The second kappa shape index (κ2) is 5.02. The van der Waals surface area contributed by atoms with E-state index in [1.54, 1.807) is 12.1 Å². The zero-order chi connectivity index (χ0) is 14.1. The molecule has 0 saturated carbocycles. The van der Waals surface area contributed by atoms with Crippen LogP contribution in [-0.4, -0.2) is 14.6 Å². The zero-order valence-corrected chi connectivity index (χ0v) is 11.6. The number of aryl methyl sites for hydroxylation is 1. The van der Waals surface area contributed by atoms with Crippen molar-refractivity contribution in [3.63, 3.8) is 0 Å². The van der Waals surface area contributed by atoms with Crippen LogP contribution in [0.25, 0.3) is 5.65 Å². The molecular formula is C14H13ClN4O. The van der Waals surface area contributed by atoms with E-state index in [2.05, 4.69) is 10.2 Å². The molecule has 0 fully saturated rings. The van der Waals surface area contributed by atoms with Crippen LogP contribution in [0.5, 0.6) is 5.75 Å². The molecule has 0 spiro atoms. The first kappa shape index (κ1) is 12.7. The van der Waals surface area contributed by atoms with Gasteiger partial charge in [0.05, 0.1) is 5.69 Å². The van der Waals surface area contributed by atoms with Crippen molar-refractivity contribution in [2.24, 2.45) is 0 Å². The van der Waals surface area contributed by atoms with Crippen molar-refractivity contribution in [2.45, 2.75) is 13.5 Å². The van der Waals surface area contributed by atoms with Gasteiger partial charge < -0.3 is 10.5 Å². The third kappa shape index (κ3) is 2.40. The van der Waals surface area contributed by atoms with Gasteiger partial charge >= 0.3 is 0 Å². The molecule has 0 unspecified atom stereocenters. The smallest absolute Gasteiger partial charge is 0.184 e. The van der Waals surface area contributed by atoms with E-state index in [0.717, 1.165) is 11.3 Å². The van der Waals surface area contributed by atoms with Crippen molar-refractivity contribution >= 4 is 22.9 Å². The van der Waals surface area contributed by atoms with Crippen molar-refractivity contribution in [3.8, 4) is 5.75 Å². The summed E-state index contributed by atoms with van der Waals surface area (Å²) in [5.41, 5.74) is 8.21. The number of nitrogen functional groups attached to an aromatic ring is 1. The number of aromatic nitrogens is 3. The van der Waals surface area contributed by atoms with Crippen LogP contribution >= 0.6 is 11.6 Å². The number of nitrogens with two attached hydrogens (primary N) is 1. The maximum atomic E-state index is 5.92. The van der Waals surface area contributed by atoms with Crippen molar-refractivity contribution in [3.05, 3.63) is 52.9 Å². The summed E-state index contributed by atoms with van der Waals surface area (Å²) >= 11 is 5.83. The number of halogens is 1. The Balaban J connectivity index is 1.86. The highest BCUT2D eigenvalue weighted by molar-refractivity contribution is 6.30. The molecule has 2 heterocycles. The first-order chi connectivity index (χ1) is 9.63. The van der Waals surface area contributed by atoms with E-state index in [9.17, 15) is 0 Å². The lowest BCUT2D eigenvalue weighted by atomic mass is 10.3. The number of benzene rings is 1.